The lowest BCUT2D eigenvalue weighted by Gasteiger charge is -2.30. The maximum absolute atomic E-state index is 13.2. The van der Waals surface area contributed by atoms with Crippen LogP contribution in [0.1, 0.15) is 35.8 Å². The van der Waals surface area contributed by atoms with Gasteiger partial charge >= 0.3 is 0 Å². The normalized spacial score (nSPS) is 16.4. The van der Waals surface area contributed by atoms with Gasteiger partial charge in [-0.15, -0.1) is 0 Å². The molecule has 1 aliphatic rings. The first-order chi connectivity index (χ1) is 14.2. The van der Waals surface area contributed by atoms with Gasteiger partial charge in [0.15, 0.2) is 5.82 Å². The summed E-state index contributed by atoms with van der Waals surface area (Å²) in [5.74, 6) is 1.68. The van der Waals surface area contributed by atoms with Gasteiger partial charge in [0.1, 0.15) is 11.5 Å². The molecule has 6 nitrogen and oxygen atoms in total. The van der Waals surface area contributed by atoms with E-state index in [4.69, 9.17) is 0 Å². The van der Waals surface area contributed by atoms with Gasteiger partial charge in [-0.25, -0.2) is 9.97 Å². The molecule has 1 unspecified atom stereocenters. The largest absolute Gasteiger partial charge is 0.366 e. The van der Waals surface area contributed by atoms with Gasteiger partial charge in [0.25, 0.3) is 5.91 Å². The smallest absolute Gasteiger partial charge is 0.272 e. The number of nitrogens with zero attached hydrogens (tertiary/aromatic N) is 4. The Balaban J connectivity index is 1.63. The molecule has 0 saturated carbocycles. The average molecular weight is 387 g/mol. The van der Waals surface area contributed by atoms with Gasteiger partial charge < -0.3 is 10.2 Å². The summed E-state index contributed by atoms with van der Waals surface area (Å²) in [6.07, 6.45) is 5.77. The van der Waals surface area contributed by atoms with Crippen LogP contribution in [-0.2, 0) is 6.54 Å². The molecule has 6 heteroatoms. The van der Waals surface area contributed by atoms with E-state index in [1.54, 1.807) is 12.3 Å². The SMILES string of the molecule is CC1CCCN(C(=O)c2cc(NCc3cccnc3)nc(-c3ccccc3)n2)C1. The fraction of sp³-hybridized carbons (Fsp3) is 0.304. The molecule has 0 bridgehead atoms. The van der Waals surface area contributed by atoms with Crippen molar-refractivity contribution in [3.63, 3.8) is 0 Å². The number of amides is 1. The van der Waals surface area contributed by atoms with Gasteiger partial charge in [-0.1, -0.05) is 43.3 Å². The minimum Gasteiger partial charge on any atom is -0.366 e. The van der Waals surface area contributed by atoms with Gasteiger partial charge in [-0.05, 0) is 30.4 Å². The maximum atomic E-state index is 13.2. The average Bonchev–Trinajstić information content (AvgIpc) is 2.78. The molecule has 4 rings (SSSR count). The highest BCUT2D eigenvalue weighted by molar-refractivity contribution is 5.93. The Hall–Kier alpha value is -3.28. The molecule has 29 heavy (non-hydrogen) atoms. The molecule has 0 spiro atoms. The van der Waals surface area contributed by atoms with Crippen molar-refractivity contribution in [2.24, 2.45) is 5.92 Å². The molecule has 1 amide bonds. The number of nitrogens with one attached hydrogen (secondary N) is 1. The minimum atomic E-state index is -0.0273. The molecule has 1 atom stereocenters. The van der Waals surface area contributed by atoms with Crippen LogP contribution < -0.4 is 5.32 Å². The highest BCUT2D eigenvalue weighted by Gasteiger charge is 2.24. The Bertz CT molecular complexity index is 962. The first kappa shape index (κ1) is 19.1. The van der Waals surface area contributed by atoms with E-state index in [0.717, 1.165) is 30.6 Å². The van der Waals surface area contributed by atoms with Crippen LogP contribution in [0.4, 0.5) is 5.82 Å². The Kier molecular flexibility index (Phi) is 5.79. The lowest BCUT2D eigenvalue weighted by atomic mass is 10.00. The standard InChI is InChI=1S/C23H25N5O/c1-17-7-6-12-28(16-17)23(29)20-13-21(25-15-18-8-5-11-24-14-18)27-22(26-20)19-9-3-2-4-10-19/h2-5,8-11,13-14,17H,6-7,12,15-16H2,1H3,(H,25,26,27). The van der Waals surface area contributed by atoms with Crippen molar-refractivity contribution in [3.05, 3.63) is 72.2 Å². The maximum Gasteiger partial charge on any atom is 0.272 e. The van der Waals surface area contributed by atoms with E-state index in [0.29, 0.717) is 29.8 Å². The van der Waals surface area contributed by atoms with E-state index in [1.807, 2.05) is 53.6 Å². The molecule has 1 aromatic carbocycles. The van der Waals surface area contributed by atoms with Crippen LogP contribution in [-0.4, -0.2) is 38.8 Å². The molecule has 0 aliphatic carbocycles. The zero-order chi connectivity index (χ0) is 20.1. The molecule has 1 fully saturated rings. The van der Waals surface area contributed by atoms with Crippen molar-refractivity contribution < 1.29 is 4.79 Å². The van der Waals surface area contributed by atoms with Crippen LogP contribution >= 0.6 is 0 Å². The number of carbonyl (C=O) groups excluding carboxylic acids is 1. The third kappa shape index (κ3) is 4.77. The summed E-state index contributed by atoms with van der Waals surface area (Å²) in [4.78, 5) is 28.5. The van der Waals surface area contributed by atoms with Crippen LogP contribution in [0.25, 0.3) is 11.4 Å². The predicted molar refractivity (Wildman–Crippen MR) is 113 cm³/mol. The Labute approximate surface area is 171 Å². The monoisotopic (exact) mass is 387 g/mol. The van der Waals surface area contributed by atoms with E-state index in [2.05, 4.69) is 27.2 Å². The highest BCUT2D eigenvalue weighted by Crippen LogP contribution is 2.22. The zero-order valence-electron chi connectivity index (χ0n) is 16.6. The number of anilines is 1. The lowest BCUT2D eigenvalue weighted by Crippen LogP contribution is -2.39. The minimum absolute atomic E-state index is 0.0273. The van der Waals surface area contributed by atoms with Crippen molar-refractivity contribution in [2.45, 2.75) is 26.3 Å². The number of likely N-dealkylation sites (tertiary alicyclic amines) is 1. The first-order valence-electron chi connectivity index (χ1n) is 10.1. The quantitative estimate of drug-likeness (QED) is 0.716. The van der Waals surface area contributed by atoms with Crippen LogP contribution in [0, 0.1) is 5.92 Å². The van der Waals surface area contributed by atoms with Gasteiger partial charge in [-0.3, -0.25) is 9.78 Å². The Morgan fingerprint density at radius 3 is 2.79 bits per heavy atom. The van der Waals surface area contributed by atoms with Crippen LogP contribution in [0.15, 0.2) is 60.9 Å². The molecule has 1 N–H and O–H groups in total. The molecule has 3 aromatic rings. The number of carbonyl (C=O) groups is 1. The van der Waals surface area contributed by atoms with Crippen LogP contribution in [0.5, 0.6) is 0 Å². The van der Waals surface area contributed by atoms with Gasteiger partial charge in [0.05, 0.1) is 0 Å². The number of hydrogen-bond donors (Lipinski definition) is 1. The third-order valence-corrected chi connectivity index (χ3v) is 5.12. The number of rotatable bonds is 5. The predicted octanol–water partition coefficient (Wildman–Crippen LogP) is 4.02. The van der Waals surface area contributed by atoms with E-state index >= 15 is 0 Å². The molecule has 1 saturated heterocycles. The Morgan fingerprint density at radius 2 is 2.03 bits per heavy atom. The van der Waals surface area contributed by atoms with E-state index in [9.17, 15) is 4.79 Å². The van der Waals surface area contributed by atoms with Crippen molar-refractivity contribution in [3.8, 4) is 11.4 Å². The molecule has 0 radical (unpaired) electrons. The summed E-state index contributed by atoms with van der Waals surface area (Å²) >= 11 is 0. The fourth-order valence-corrected chi connectivity index (χ4v) is 3.59. The van der Waals surface area contributed by atoms with Crippen molar-refractivity contribution in [1.82, 2.24) is 19.9 Å². The Morgan fingerprint density at radius 1 is 1.17 bits per heavy atom. The zero-order valence-corrected chi connectivity index (χ0v) is 16.6. The molecule has 3 heterocycles. The molecule has 2 aromatic heterocycles. The number of pyridine rings is 1. The highest BCUT2D eigenvalue weighted by atomic mass is 16.2. The topological polar surface area (TPSA) is 71.0 Å². The van der Waals surface area contributed by atoms with E-state index in [1.165, 1.54) is 6.42 Å². The van der Waals surface area contributed by atoms with E-state index < -0.39 is 0 Å². The summed E-state index contributed by atoms with van der Waals surface area (Å²) in [6, 6.07) is 15.4. The molecular weight excluding hydrogens is 362 g/mol. The summed E-state index contributed by atoms with van der Waals surface area (Å²) in [7, 11) is 0. The summed E-state index contributed by atoms with van der Waals surface area (Å²) in [5, 5.41) is 3.32. The molecular formula is C23H25N5O. The molecule has 148 valence electrons. The second-order valence-electron chi connectivity index (χ2n) is 7.54. The van der Waals surface area contributed by atoms with Crippen molar-refractivity contribution in [2.75, 3.05) is 18.4 Å². The number of aromatic nitrogens is 3. The van der Waals surface area contributed by atoms with Crippen molar-refractivity contribution >= 4 is 11.7 Å². The van der Waals surface area contributed by atoms with Crippen LogP contribution in [0.3, 0.4) is 0 Å². The summed E-state index contributed by atoms with van der Waals surface area (Å²) in [5.41, 5.74) is 2.37. The summed E-state index contributed by atoms with van der Waals surface area (Å²) < 4.78 is 0. The fourth-order valence-electron chi connectivity index (χ4n) is 3.59. The molecule has 1 aliphatic heterocycles. The third-order valence-electron chi connectivity index (χ3n) is 5.12. The lowest BCUT2D eigenvalue weighted by molar-refractivity contribution is 0.0677. The van der Waals surface area contributed by atoms with Gasteiger partial charge in [0.2, 0.25) is 0 Å². The van der Waals surface area contributed by atoms with Crippen LogP contribution in [0.2, 0.25) is 0 Å². The van der Waals surface area contributed by atoms with Gasteiger partial charge in [0, 0.05) is 43.7 Å². The second kappa shape index (κ2) is 8.82. The summed E-state index contributed by atoms with van der Waals surface area (Å²) in [6.45, 7) is 4.33. The number of piperidine rings is 1. The van der Waals surface area contributed by atoms with Crippen molar-refractivity contribution in [1.29, 1.82) is 0 Å². The second-order valence-corrected chi connectivity index (χ2v) is 7.54. The first-order valence-corrected chi connectivity index (χ1v) is 10.1. The number of hydrogen-bond acceptors (Lipinski definition) is 5. The van der Waals surface area contributed by atoms with Gasteiger partial charge in [-0.2, -0.15) is 0 Å². The van der Waals surface area contributed by atoms with E-state index in [-0.39, 0.29) is 5.91 Å². The number of benzene rings is 1.